The standard InChI is InChI=1S/C24H32N4O2S/c1-3-16-13-18(15-21(14-16)27-19-9-11-31-12-10-19)24(4-2,23(29)30)28-20-7-5-17(6-8-20)22(25)26/h5-8,13-15,19,27-28H,3-4,9-12H2,1-2H3,(H3,25,26)(H,29,30). The lowest BCUT2D eigenvalue weighted by molar-refractivity contribution is -0.142. The third-order valence-electron chi connectivity index (χ3n) is 5.93. The molecule has 1 aliphatic rings. The molecule has 0 bridgehead atoms. The second-order valence-electron chi connectivity index (χ2n) is 7.98. The van der Waals surface area contributed by atoms with Crippen LogP contribution in [0.4, 0.5) is 11.4 Å². The van der Waals surface area contributed by atoms with Crippen LogP contribution in [0.25, 0.3) is 0 Å². The Hall–Kier alpha value is -2.67. The average Bonchev–Trinajstić information content (AvgIpc) is 2.78. The summed E-state index contributed by atoms with van der Waals surface area (Å²) in [7, 11) is 0. The van der Waals surface area contributed by atoms with Gasteiger partial charge in [0.1, 0.15) is 5.84 Å². The van der Waals surface area contributed by atoms with Gasteiger partial charge in [-0.1, -0.05) is 19.9 Å². The fraction of sp³-hybridized carbons (Fsp3) is 0.417. The number of aliphatic carboxylic acids is 1. The number of hydrogen-bond donors (Lipinski definition) is 5. The number of carboxylic acid groups (broad SMARTS) is 1. The summed E-state index contributed by atoms with van der Waals surface area (Å²) in [6.07, 6.45) is 3.45. The zero-order valence-electron chi connectivity index (χ0n) is 18.2. The molecule has 1 aliphatic heterocycles. The van der Waals surface area contributed by atoms with Crippen molar-refractivity contribution >= 4 is 34.9 Å². The van der Waals surface area contributed by atoms with Crippen LogP contribution in [0.2, 0.25) is 0 Å². The molecule has 31 heavy (non-hydrogen) atoms. The number of carboxylic acids is 1. The molecule has 0 amide bonds. The minimum Gasteiger partial charge on any atom is -0.479 e. The first kappa shape index (κ1) is 23.0. The number of nitrogen functional groups attached to an aromatic ring is 1. The zero-order chi connectivity index (χ0) is 22.4. The van der Waals surface area contributed by atoms with E-state index in [-0.39, 0.29) is 5.84 Å². The Morgan fingerprint density at radius 3 is 2.39 bits per heavy atom. The second kappa shape index (κ2) is 10.1. The van der Waals surface area contributed by atoms with Crippen molar-refractivity contribution in [3.8, 4) is 0 Å². The maximum Gasteiger partial charge on any atom is 0.334 e. The summed E-state index contributed by atoms with van der Waals surface area (Å²) >= 11 is 1.99. The molecule has 166 valence electrons. The van der Waals surface area contributed by atoms with Gasteiger partial charge in [0.15, 0.2) is 5.54 Å². The van der Waals surface area contributed by atoms with Crippen LogP contribution in [0.3, 0.4) is 0 Å². The molecule has 7 heteroatoms. The average molecular weight is 441 g/mol. The van der Waals surface area contributed by atoms with E-state index in [2.05, 4.69) is 23.6 Å². The summed E-state index contributed by atoms with van der Waals surface area (Å²) < 4.78 is 0. The number of amidine groups is 1. The van der Waals surface area contributed by atoms with E-state index >= 15 is 0 Å². The van der Waals surface area contributed by atoms with Crippen molar-refractivity contribution in [2.45, 2.75) is 51.1 Å². The number of hydrogen-bond acceptors (Lipinski definition) is 5. The van der Waals surface area contributed by atoms with Crippen LogP contribution in [-0.2, 0) is 16.8 Å². The smallest absolute Gasteiger partial charge is 0.334 e. The van der Waals surface area contributed by atoms with Crippen molar-refractivity contribution in [3.63, 3.8) is 0 Å². The highest BCUT2D eigenvalue weighted by atomic mass is 32.2. The quantitative estimate of drug-likeness (QED) is 0.287. The Morgan fingerprint density at radius 1 is 1.16 bits per heavy atom. The number of carbonyl (C=O) groups is 1. The Morgan fingerprint density at radius 2 is 1.84 bits per heavy atom. The molecule has 0 saturated carbocycles. The summed E-state index contributed by atoms with van der Waals surface area (Å²) in [5.74, 6) is 1.38. The van der Waals surface area contributed by atoms with Gasteiger partial charge < -0.3 is 21.5 Å². The topological polar surface area (TPSA) is 111 Å². The number of thioether (sulfide) groups is 1. The SMILES string of the molecule is CCc1cc(NC2CCSCC2)cc(C(CC)(Nc2ccc(C(=N)N)cc2)C(=O)O)c1. The molecule has 0 aromatic heterocycles. The molecular formula is C24H32N4O2S. The van der Waals surface area contributed by atoms with Gasteiger partial charge in [0.2, 0.25) is 0 Å². The van der Waals surface area contributed by atoms with Gasteiger partial charge in [-0.05, 0) is 84.7 Å². The Bertz CT molecular complexity index is 926. The van der Waals surface area contributed by atoms with Gasteiger partial charge >= 0.3 is 5.97 Å². The molecule has 3 rings (SSSR count). The van der Waals surface area contributed by atoms with Crippen molar-refractivity contribution < 1.29 is 9.90 Å². The summed E-state index contributed by atoms with van der Waals surface area (Å²) in [6, 6.07) is 13.5. The molecular weight excluding hydrogens is 408 g/mol. The summed E-state index contributed by atoms with van der Waals surface area (Å²) in [6.45, 7) is 3.97. The minimum atomic E-state index is -1.26. The molecule has 6 N–H and O–H groups in total. The van der Waals surface area contributed by atoms with Crippen molar-refractivity contribution in [1.82, 2.24) is 0 Å². The van der Waals surface area contributed by atoms with Crippen LogP contribution in [0, 0.1) is 5.41 Å². The predicted molar refractivity (Wildman–Crippen MR) is 130 cm³/mol. The Balaban J connectivity index is 1.97. The number of nitrogens with two attached hydrogens (primary N) is 1. The van der Waals surface area contributed by atoms with Crippen LogP contribution >= 0.6 is 11.8 Å². The van der Waals surface area contributed by atoms with Gasteiger partial charge in [-0.25, -0.2) is 4.79 Å². The molecule has 1 fully saturated rings. The maximum atomic E-state index is 12.6. The Kier molecular flexibility index (Phi) is 7.49. The van der Waals surface area contributed by atoms with E-state index in [9.17, 15) is 9.90 Å². The second-order valence-corrected chi connectivity index (χ2v) is 9.21. The molecule has 2 aromatic carbocycles. The fourth-order valence-electron chi connectivity index (χ4n) is 3.98. The van der Waals surface area contributed by atoms with E-state index in [1.807, 2.05) is 30.8 Å². The summed E-state index contributed by atoms with van der Waals surface area (Å²) in [5, 5.41) is 24.8. The van der Waals surface area contributed by atoms with Gasteiger partial charge in [-0.15, -0.1) is 0 Å². The molecule has 1 unspecified atom stereocenters. The van der Waals surface area contributed by atoms with Crippen LogP contribution in [0.15, 0.2) is 42.5 Å². The van der Waals surface area contributed by atoms with Crippen LogP contribution in [-0.4, -0.2) is 34.5 Å². The lowest BCUT2D eigenvalue weighted by Crippen LogP contribution is -2.43. The van der Waals surface area contributed by atoms with Crippen molar-refractivity contribution in [2.24, 2.45) is 5.73 Å². The highest BCUT2D eigenvalue weighted by Crippen LogP contribution is 2.34. The molecule has 0 aliphatic carbocycles. The van der Waals surface area contributed by atoms with Gasteiger partial charge in [-0.2, -0.15) is 11.8 Å². The van der Waals surface area contributed by atoms with Crippen LogP contribution in [0.1, 0.15) is 49.8 Å². The van der Waals surface area contributed by atoms with Gasteiger partial charge in [0, 0.05) is 23.0 Å². The first-order chi connectivity index (χ1) is 14.9. The maximum absolute atomic E-state index is 12.6. The largest absolute Gasteiger partial charge is 0.479 e. The first-order valence-electron chi connectivity index (χ1n) is 10.8. The van der Waals surface area contributed by atoms with E-state index < -0.39 is 11.5 Å². The molecule has 6 nitrogen and oxygen atoms in total. The first-order valence-corrected chi connectivity index (χ1v) is 12.0. The van der Waals surface area contributed by atoms with Crippen LogP contribution < -0.4 is 16.4 Å². The highest BCUT2D eigenvalue weighted by Gasteiger charge is 2.39. The number of aryl methyl sites for hydroxylation is 1. The normalized spacial score (nSPS) is 16.3. The number of nitrogens with one attached hydrogen (secondary N) is 3. The molecule has 0 spiro atoms. The molecule has 1 saturated heterocycles. The number of benzene rings is 2. The molecule has 1 atom stereocenters. The van der Waals surface area contributed by atoms with Crippen molar-refractivity contribution in [3.05, 3.63) is 59.2 Å². The van der Waals surface area contributed by atoms with E-state index in [0.717, 1.165) is 47.6 Å². The van der Waals surface area contributed by atoms with E-state index in [1.54, 1.807) is 24.3 Å². The monoisotopic (exact) mass is 440 g/mol. The van der Waals surface area contributed by atoms with Gasteiger partial charge in [0.25, 0.3) is 0 Å². The summed E-state index contributed by atoms with van der Waals surface area (Å²) in [4.78, 5) is 12.6. The third-order valence-corrected chi connectivity index (χ3v) is 6.98. The molecule has 1 heterocycles. The predicted octanol–water partition coefficient (Wildman–Crippen LogP) is 4.64. The van der Waals surface area contributed by atoms with Gasteiger partial charge in [0.05, 0.1) is 0 Å². The lowest BCUT2D eigenvalue weighted by atomic mass is 9.85. The van der Waals surface area contributed by atoms with Crippen molar-refractivity contribution in [2.75, 3.05) is 22.1 Å². The third kappa shape index (κ3) is 5.34. The fourth-order valence-corrected chi connectivity index (χ4v) is 5.08. The minimum absolute atomic E-state index is 0.0148. The lowest BCUT2D eigenvalue weighted by Gasteiger charge is -2.32. The molecule has 0 radical (unpaired) electrons. The summed E-state index contributed by atoms with van der Waals surface area (Å²) in [5.41, 5.74) is 8.40. The van der Waals surface area contributed by atoms with E-state index in [1.165, 1.54) is 0 Å². The van der Waals surface area contributed by atoms with Crippen LogP contribution in [0.5, 0.6) is 0 Å². The Labute approximate surface area is 188 Å². The van der Waals surface area contributed by atoms with E-state index in [4.69, 9.17) is 11.1 Å². The number of anilines is 2. The zero-order valence-corrected chi connectivity index (χ0v) is 19.0. The van der Waals surface area contributed by atoms with Crippen molar-refractivity contribution in [1.29, 1.82) is 5.41 Å². The highest BCUT2D eigenvalue weighted by molar-refractivity contribution is 7.99. The molecule has 2 aromatic rings. The number of rotatable bonds is 9. The van der Waals surface area contributed by atoms with E-state index in [0.29, 0.717) is 23.7 Å². The van der Waals surface area contributed by atoms with Gasteiger partial charge in [-0.3, -0.25) is 5.41 Å².